The number of ether oxygens (including phenoxy) is 4. The first-order chi connectivity index (χ1) is 12.8. The number of carbonyl (C=O) groups is 4. The molecule has 1 aromatic rings. The molecular weight excluding hydrogens is 356 g/mol. The van der Waals surface area contributed by atoms with Crippen LogP contribution < -0.4 is 9.47 Å². The van der Waals surface area contributed by atoms with E-state index < -0.39 is 17.9 Å². The lowest BCUT2D eigenvalue weighted by Gasteiger charge is -2.09. The molecule has 0 aliphatic rings. The Morgan fingerprint density at radius 3 is 1.59 bits per heavy atom. The Kier molecular flexibility index (Phi) is 9.57. The first-order valence-corrected chi connectivity index (χ1v) is 8.60. The molecular formula is C19H24O8. The minimum atomic E-state index is -0.614. The first-order valence-electron chi connectivity index (χ1n) is 8.60. The van der Waals surface area contributed by atoms with Crippen LogP contribution in [0.2, 0.25) is 0 Å². The van der Waals surface area contributed by atoms with Crippen LogP contribution in [0.3, 0.4) is 0 Å². The molecule has 1 aromatic carbocycles. The van der Waals surface area contributed by atoms with Crippen molar-refractivity contribution >= 4 is 23.9 Å². The minimum Gasteiger partial charge on any atom is -0.466 e. The van der Waals surface area contributed by atoms with E-state index in [1.165, 1.54) is 39.0 Å². The number of rotatable bonds is 10. The van der Waals surface area contributed by atoms with Gasteiger partial charge in [0.2, 0.25) is 0 Å². The van der Waals surface area contributed by atoms with E-state index in [1.54, 1.807) is 0 Å². The van der Waals surface area contributed by atoms with Crippen molar-refractivity contribution in [2.24, 2.45) is 0 Å². The van der Waals surface area contributed by atoms with Crippen LogP contribution in [-0.4, -0.2) is 37.1 Å². The molecule has 8 nitrogen and oxygen atoms in total. The van der Waals surface area contributed by atoms with Crippen molar-refractivity contribution in [1.29, 1.82) is 0 Å². The highest BCUT2D eigenvalue weighted by molar-refractivity contribution is 5.91. The van der Waals surface area contributed by atoms with E-state index in [0.717, 1.165) is 19.3 Å². The molecule has 8 heteroatoms. The monoisotopic (exact) mass is 380 g/mol. The lowest BCUT2D eigenvalue weighted by molar-refractivity contribution is -0.141. The highest BCUT2D eigenvalue weighted by Crippen LogP contribution is 2.24. The molecule has 0 heterocycles. The second kappa shape index (κ2) is 11.7. The van der Waals surface area contributed by atoms with Gasteiger partial charge in [0, 0.05) is 26.8 Å². The number of hydrogen-bond donors (Lipinski definition) is 0. The fourth-order valence-corrected chi connectivity index (χ4v) is 2.16. The molecule has 0 unspecified atom stereocenters. The summed E-state index contributed by atoms with van der Waals surface area (Å²) in [6.07, 6.45) is 3.08. The Bertz CT molecular complexity index is 646. The zero-order valence-electron chi connectivity index (χ0n) is 15.7. The maximum absolute atomic E-state index is 12.2. The molecule has 27 heavy (non-hydrogen) atoms. The fourth-order valence-electron chi connectivity index (χ4n) is 2.16. The van der Waals surface area contributed by atoms with Gasteiger partial charge in [-0.2, -0.15) is 0 Å². The summed E-state index contributed by atoms with van der Waals surface area (Å²) in [6, 6.07) is 4.02. The van der Waals surface area contributed by atoms with Gasteiger partial charge < -0.3 is 18.9 Å². The maximum atomic E-state index is 12.2. The summed E-state index contributed by atoms with van der Waals surface area (Å²) < 4.78 is 19.9. The summed E-state index contributed by atoms with van der Waals surface area (Å²) in [5, 5.41) is 0. The van der Waals surface area contributed by atoms with Gasteiger partial charge in [0.25, 0.3) is 0 Å². The van der Waals surface area contributed by atoms with E-state index in [1.807, 2.05) is 0 Å². The summed E-state index contributed by atoms with van der Waals surface area (Å²) in [7, 11) is 0. The van der Waals surface area contributed by atoms with E-state index in [0.29, 0.717) is 13.0 Å². The van der Waals surface area contributed by atoms with Gasteiger partial charge in [0.05, 0.1) is 18.8 Å². The molecule has 148 valence electrons. The lowest BCUT2D eigenvalue weighted by atomic mass is 10.2. The Labute approximate surface area is 157 Å². The summed E-state index contributed by atoms with van der Waals surface area (Å²) in [4.78, 5) is 45.0. The average molecular weight is 380 g/mol. The number of hydrogen-bond acceptors (Lipinski definition) is 8. The first kappa shape index (κ1) is 22.1. The normalized spacial score (nSPS) is 10.0. The van der Waals surface area contributed by atoms with Crippen molar-refractivity contribution in [1.82, 2.24) is 0 Å². The highest BCUT2D eigenvalue weighted by atomic mass is 16.5. The molecule has 0 bridgehead atoms. The predicted molar refractivity (Wildman–Crippen MR) is 94.4 cm³/mol. The van der Waals surface area contributed by atoms with Crippen molar-refractivity contribution in [2.45, 2.75) is 46.5 Å². The summed E-state index contributed by atoms with van der Waals surface area (Å²) in [5.74, 6) is -1.88. The highest BCUT2D eigenvalue weighted by Gasteiger charge is 2.13. The third-order valence-electron chi connectivity index (χ3n) is 3.22. The molecule has 0 aliphatic carbocycles. The Hall–Kier alpha value is -2.90. The van der Waals surface area contributed by atoms with Crippen LogP contribution in [0.5, 0.6) is 11.5 Å². The molecule has 0 aromatic heterocycles. The van der Waals surface area contributed by atoms with Crippen LogP contribution in [-0.2, 0) is 23.9 Å². The van der Waals surface area contributed by atoms with Crippen LogP contribution in [0.25, 0.3) is 0 Å². The molecule has 0 aliphatic heterocycles. The van der Waals surface area contributed by atoms with Crippen LogP contribution in [0.15, 0.2) is 18.2 Å². The van der Waals surface area contributed by atoms with Gasteiger partial charge in [0.15, 0.2) is 0 Å². The summed E-state index contributed by atoms with van der Waals surface area (Å²) >= 11 is 0. The van der Waals surface area contributed by atoms with Crippen molar-refractivity contribution in [3.63, 3.8) is 0 Å². The van der Waals surface area contributed by atoms with Crippen molar-refractivity contribution in [2.75, 3.05) is 13.2 Å². The standard InChI is InChI=1S/C19H24O8/c1-13(20)24-8-6-4-5-7-9-25-19(23)16-10-17(26-14(2)21)12-18(11-16)27-15(3)22/h10-12H,4-9H2,1-3H3. The van der Waals surface area contributed by atoms with Crippen molar-refractivity contribution in [3.8, 4) is 11.5 Å². The third-order valence-corrected chi connectivity index (χ3v) is 3.22. The molecule has 0 fully saturated rings. The number of unbranched alkanes of at least 4 members (excludes halogenated alkanes) is 3. The van der Waals surface area contributed by atoms with Gasteiger partial charge >= 0.3 is 23.9 Å². The number of benzene rings is 1. The van der Waals surface area contributed by atoms with Gasteiger partial charge in [-0.1, -0.05) is 0 Å². The summed E-state index contributed by atoms with van der Waals surface area (Å²) in [5.41, 5.74) is 0.111. The van der Waals surface area contributed by atoms with Crippen LogP contribution in [0, 0.1) is 0 Å². The van der Waals surface area contributed by atoms with Crippen molar-refractivity contribution < 1.29 is 38.1 Å². The Morgan fingerprint density at radius 2 is 1.15 bits per heavy atom. The number of esters is 4. The van der Waals surface area contributed by atoms with E-state index in [-0.39, 0.29) is 29.6 Å². The Morgan fingerprint density at radius 1 is 0.667 bits per heavy atom. The second-order valence-electron chi connectivity index (χ2n) is 5.77. The molecule has 0 spiro atoms. The smallest absolute Gasteiger partial charge is 0.338 e. The quantitative estimate of drug-likeness (QED) is 0.347. The van der Waals surface area contributed by atoms with Gasteiger partial charge in [-0.05, 0) is 37.8 Å². The largest absolute Gasteiger partial charge is 0.466 e. The molecule has 0 saturated heterocycles. The van der Waals surface area contributed by atoms with Crippen molar-refractivity contribution in [3.05, 3.63) is 23.8 Å². The molecule has 0 amide bonds. The van der Waals surface area contributed by atoms with E-state index in [2.05, 4.69) is 0 Å². The molecule has 1 rings (SSSR count). The SMILES string of the molecule is CC(=O)OCCCCCCOC(=O)c1cc(OC(C)=O)cc(OC(C)=O)c1. The molecule has 0 saturated carbocycles. The molecule has 0 N–H and O–H groups in total. The predicted octanol–water partition coefficient (Wildman–Crippen LogP) is 2.82. The van der Waals surface area contributed by atoms with Crippen LogP contribution in [0.1, 0.15) is 56.8 Å². The zero-order chi connectivity index (χ0) is 20.2. The number of carbonyl (C=O) groups excluding carboxylic acids is 4. The third kappa shape index (κ3) is 9.98. The zero-order valence-corrected chi connectivity index (χ0v) is 15.7. The summed E-state index contributed by atoms with van der Waals surface area (Å²) in [6.45, 7) is 4.41. The van der Waals surface area contributed by atoms with Gasteiger partial charge in [-0.25, -0.2) is 4.79 Å². The minimum absolute atomic E-state index is 0.0821. The van der Waals surface area contributed by atoms with Gasteiger partial charge in [-0.15, -0.1) is 0 Å². The van der Waals surface area contributed by atoms with Crippen LogP contribution in [0.4, 0.5) is 0 Å². The Balaban J connectivity index is 2.51. The van der Waals surface area contributed by atoms with E-state index in [4.69, 9.17) is 18.9 Å². The van der Waals surface area contributed by atoms with E-state index in [9.17, 15) is 19.2 Å². The van der Waals surface area contributed by atoms with E-state index >= 15 is 0 Å². The topological polar surface area (TPSA) is 105 Å². The molecule has 0 atom stereocenters. The maximum Gasteiger partial charge on any atom is 0.338 e. The molecule has 0 radical (unpaired) electrons. The van der Waals surface area contributed by atoms with Crippen LogP contribution >= 0.6 is 0 Å². The fraction of sp³-hybridized carbons (Fsp3) is 0.474. The lowest BCUT2D eigenvalue weighted by Crippen LogP contribution is -2.10. The second-order valence-corrected chi connectivity index (χ2v) is 5.77. The average Bonchev–Trinajstić information content (AvgIpc) is 2.55. The van der Waals surface area contributed by atoms with Gasteiger partial charge in [-0.3, -0.25) is 14.4 Å². The van der Waals surface area contributed by atoms with Gasteiger partial charge in [0.1, 0.15) is 11.5 Å².